The second-order valence-electron chi connectivity index (χ2n) is 6.54. The van der Waals surface area contributed by atoms with Crippen LogP contribution in [0.5, 0.6) is 0 Å². The van der Waals surface area contributed by atoms with Gasteiger partial charge in [0.15, 0.2) is 0 Å². The SMILES string of the molecule is CNc1nnc(CC(=O)NCC2CCN(Cc3ccccc3F)CC2)s1. The molecular weight excluding hydrogens is 353 g/mol. The summed E-state index contributed by atoms with van der Waals surface area (Å²) in [5.41, 5.74) is 0.747. The first-order valence-corrected chi connectivity index (χ1v) is 9.68. The van der Waals surface area contributed by atoms with E-state index < -0.39 is 0 Å². The number of nitrogens with one attached hydrogen (secondary N) is 2. The maximum absolute atomic E-state index is 13.7. The van der Waals surface area contributed by atoms with E-state index in [2.05, 4.69) is 25.7 Å². The van der Waals surface area contributed by atoms with Crippen LogP contribution in [0.3, 0.4) is 0 Å². The van der Waals surface area contributed by atoms with Gasteiger partial charge < -0.3 is 10.6 Å². The number of carbonyl (C=O) groups is 1. The minimum atomic E-state index is -0.139. The quantitative estimate of drug-likeness (QED) is 0.775. The van der Waals surface area contributed by atoms with Gasteiger partial charge in [-0.15, -0.1) is 10.2 Å². The van der Waals surface area contributed by atoms with Gasteiger partial charge in [0, 0.05) is 25.7 Å². The molecule has 3 rings (SSSR count). The lowest BCUT2D eigenvalue weighted by Gasteiger charge is -2.32. The average molecular weight is 377 g/mol. The average Bonchev–Trinajstić information content (AvgIpc) is 3.10. The Bertz CT molecular complexity index is 730. The van der Waals surface area contributed by atoms with Crippen molar-refractivity contribution in [2.45, 2.75) is 25.8 Å². The molecule has 6 nitrogen and oxygen atoms in total. The molecule has 140 valence electrons. The van der Waals surface area contributed by atoms with E-state index in [-0.39, 0.29) is 18.1 Å². The van der Waals surface area contributed by atoms with Crippen LogP contribution in [-0.4, -0.2) is 47.7 Å². The lowest BCUT2D eigenvalue weighted by Crippen LogP contribution is -2.38. The zero-order chi connectivity index (χ0) is 18.4. The summed E-state index contributed by atoms with van der Waals surface area (Å²) >= 11 is 1.39. The Kier molecular flexibility index (Phi) is 6.51. The van der Waals surface area contributed by atoms with Gasteiger partial charge in [-0.2, -0.15) is 0 Å². The summed E-state index contributed by atoms with van der Waals surface area (Å²) in [5, 5.41) is 15.3. The van der Waals surface area contributed by atoms with Gasteiger partial charge in [0.2, 0.25) is 11.0 Å². The molecule has 0 unspecified atom stereocenters. The van der Waals surface area contributed by atoms with E-state index in [1.54, 1.807) is 13.1 Å². The Hall–Kier alpha value is -2.06. The summed E-state index contributed by atoms with van der Waals surface area (Å²) in [6.45, 7) is 3.19. The molecule has 0 saturated carbocycles. The predicted octanol–water partition coefficient (Wildman–Crippen LogP) is 2.29. The second kappa shape index (κ2) is 9.05. The zero-order valence-electron chi connectivity index (χ0n) is 14.9. The molecule has 0 spiro atoms. The van der Waals surface area contributed by atoms with Gasteiger partial charge in [-0.3, -0.25) is 9.69 Å². The molecule has 2 aromatic rings. The van der Waals surface area contributed by atoms with Gasteiger partial charge in [0.25, 0.3) is 0 Å². The van der Waals surface area contributed by atoms with Gasteiger partial charge in [-0.1, -0.05) is 29.5 Å². The van der Waals surface area contributed by atoms with Crippen LogP contribution in [0.4, 0.5) is 9.52 Å². The molecule has 1 aromatic heterocycles. The fraction of sp³-hybridized carbons (Fsp3) is 0.500. The van der Waals surface area contributed by atoms with Crippen LogP contribution in [-0.2, 0) is 17.8 Å². The highest BCUT2D eigenvalue weighted by atomic mass is 32.1. The van der Waals surface area contributed by atoms with Gasteiger partial charge in [-0.25, -0.2) is 4.39 Å². The Morgan fingerprint density at radius 3 is 2.77 bits per heavy atom. The third-order valence-corrected chi connectivity index (χ3v) is 5.58. The Labute approximate surface area is 156 Å². The zero-order valence-corrected chi connectivity index (χ0v) is 15.7. The highest BCUT2D eigenvalue weighted by molar-refractivity contribution is 7.15. The summed E-state index contributed by atoms with van der Waals surface area (Å²) < 4.78 is 13.7. The molecule has 26 heavy (non-hydrogen) atoms. The number of amides is 1. The van der Waals surface area contributed by atoms with E-state index >= 15 is 0 Å². The smallest absolute Gasteiger partial charge is 0.226 e. The number of halogens is 1. The van der Waals surface area contributed by atoms with Crippen molar-refractivity contribution in [3.63, 3.8) is 0 Å². The fourth-order valence-corrected chi connectivity index (χ4v) is 3.79. The fourth-order valence-electron chi connectivity index (χ4n) is 3.10. The van der Waals surface area contributed by atoms with E-state index in [0.29, 0.717) is 24.0 Å². The van der Waals surface area contributed by atoms with Crippen molar-refractivity contribution < 1.29 is 9.18 Å². The molecule has 0 atom stereocenters. The minimum Gasteiger partial charge on any atom is -0.363 e. The first kappa shape index (κ1) is 18.7. The van der Waals surface area contributed by atoms with Crippen LogP contribution in [0.1, 0.15) is 23.4 Å². The van der Waals surface area contributed by atoms with Crippen LogP contribution < -0.4 is 10.6 Å². The number of hydrogen-bond donors (Lipinski definition) is 2. The van der Waals surface area contributed by atoms with Crippen molar-refractivity contribution in [1.29, 1.82) is 0 Å². The highest BCUT2D eigenvalue weighted by Gasteiger charge is 2.20. The number of piperidine rings is 1. The number of anilines is 1. The van der Waals surface area contributed by atoms with E-state index in [1.807, 2.05) is 12.1 Å². The summed E-state index contributed by atoms with van der Waals surface area (Å²) in [6.07, 6.45) is 2.29. The maximum atomic E-state index is 13.7. The summed E-state index contributed by atoms with van der Waals surface area (Å²) in [6, 6.07) is 6.94. The monoisotopic (exact) mass is 377 g/mol. The van der Waals surface area contributed by atoms with E-state index in [4.69, 9.17) is 0 Å². The minimum absolute atomic E-state index is 0.0161. The molecule has 0 aliphatic carbocycles. The summed E-state index contributed by atoms with van der Waals surface area (Å²) in [7, 11) is 1.78. The van der Waals surface area contributed by atoms with Crippen molar-refractivity contribution in [3.05, 3.63) is 40.7 Å². The van der Waals surface area contributed by atoms with E-state index in [1.165, 1.54) is 17.4 Å². The maximum Gasteiger partial charge on any atom is 0.226 e. The van der Waals surface area contributed by atoms with Gasteiger partial charge in [-0.05, 0) is 37.9 Å². The third kappa shape index (κ3) is 5.22. The van der Waals surface area contributed by atoms with Crippen molar-refractivity contribution in [1.82, 2.24) is 20.4 Å². The highest BCUT2D eigenvalue weighted by Crippen LogP contribution is 2.20. The lowest BCUT2D eigenvalue weighted by molar-refractivity contribution is -0.120. The molecule has 2 N–H and O–H groups in total. The summed E-state index contributed by atoms with van der Waals surface area (Å²) in [4.78, 5) is 14.3. The molecule has 1 aliphatic heterocycles. The predicted molar refractivity (Wildman–Crippen MR) is 101 cm³/mol. The lowest BCUT2D eigenvalue weighted by atomic mass is 9.96. The normalized spacial score (nSPS) is 15.8. The Balaban J connectivity index is 1.37. The van der Waals surface area contributed by atoms with Crippen molar-refractivity contribution >= 4 is 22.4 Å². The largest absolute Gasteiger partial charge is 0.363 e. The van der Waals surface area contributed by atoms with Gasteiger partial charge >= 0.3 is 0 Å². The topological polar surface area (TPSA) is 70.1 Å². The first-order chi connectivity index (χ1) is 12.6. The van der Waals surface area contributed by atoms with Crippen LogP contribution in [0.25, 0.3) is 0 Å². The molecule has 1 saturated heterocycles. The molecule has 0 radical (unpaired) electrons. The molecule has 1 fully saturated rings. The number of nitrogens with zero attached hydrogens (tertiary/aromatic N) is 3. The van der Waals surface area contributed by atoms with E-state index in [9.17, 15) is 9.18 Å². The molecule has 1 amide bonds. The van der Waals surface area contributed by atoms with Crippen molar-refractivity contribution in [2.75, 3.05) is 32.0 Å². The third-order valence-electron chi connectivity index (χ3n) is 4.64. The van der Waals surface area contributed by atoms with Crippen LogP contribution in [0.15, 0.2) is 24.3 Å². The van der Waals surface area contributed by atoms with E-state index in [0.717, 1.165) is 36.6 Å². The molecule has 1 aliphatic rings. The Morgan fingerprint density at radius 1 is 1.31 bits per heavy atom. The number of aromatic nitrogens is 2. The van der Waals surface area contributed by atoms with Gasteiger partial charge in [0.1, 0.15) is 10.8 Å². The Morgan fingerprint density at radius 2 is 2.08 bits per heavy atom. The number of carbonyl (C=O) groups excluding carboxylic acids is 1. The van der Waals surface area contributed by atoms with Crippen LogP contribution in [0.2, 0.25) is 0 Å². The number of rotatable bonds is 7. The van der Waals surface area contributed by atoms with Crippen molar-refractivity contribution in [2.24, 2.45) is 5.92 Å². The van der Waals surface area contributed by atoms with Crippen LogP contribution >= 0.6 is 11.3 Å². The van der Waals surface area contributed by atoms with Crippen molar-refractivity contribution in [3.8, 4) is 0 Å². The molecular formula is C18H24FN5OS. The van der Waals surface area contributed by atoms with Gasteiger partial charge in [0.05, 0.1) is 6.42 Å². The number of benzene rings is 1. The first-order valence-electron chi connectivity index (χ1n) is 8.86. The summed E-state index contributed by atoms with van der Waals surface area (Å²) in [5.74, 6) is 0.315. The molecule has 2 heterocycles. The second-order valence-corrected chi connectivity index (χ2v) is 7.60. The number of hydrogen-bond acceptors (Lipinski definition) is 6. The molecule has 1 aromatic carbocycles. The van der Waals surface area contributed by atoms with Crippen LogP contribution in [0, 0.1) is 11.7 Å². The molecule has 8 heteroatoms. The standard InChI is InChI=1S/C18H24FN5OS/c1-20-18-23-22-17(26-18)10-16(25)21-11-13-6-8-24(9-7-13)12-14-4-2-3-5-15(14)19/h2-5,13H,6-12H2,1H3,(H,20,23)(H,21,25). The number of likely N-dealkylation sites (tertiary alicyclic amines) is 1. The molecule has 0 bridgehead atoms.